The lowest BCUT2D eigenvalue weighted by Gasteiger charge is -2.12. The summed E-state index contributed by atoms with van der Waals surface area (Å²) >= 11 is 0. The smallest absolute Gasteiger partial charge is 0.117 e. The van der Waals surface area contributed by atoms with E-state index in [2.05, 4.69) is 28.7 Å². The topological polar surface area (TPSA) is 51.6 Å². The van der Waals surface area contributed by atoms with E-state index in [0.717, 1.165) is 46.2 Å². The predicted molar refractivity (Wildman–Crippen MR) is 98.5 cm³/mol. The molecule has 1 aliphatic rings. The monoisotopic (exact) mass is 324 g/mol. The van der Waals surface area contributed by atoms with Crippen molar-refractivity contribution in [1.29, 1.82) is 0 Å². The lowest BCUT2D eigenvalue weighted by molar-refractivity contribution is 1.03. The molecule has 3 heterocycles. The summed E-state index contributed by atoms with van der Waals surface area (Å²) in [5, 5.41) is 0. The zero-order chi connectivity index (χ0) is 17.1. The maximum absolute atomic E-state index is 4.90. The molecule has 1 aliphatic carbocycles. The van der Waals surface area contributed by atoms with E-state index >= 15 is 0 Å². The first-order valence-electron chi connectivity index (χ1n) is 8.14. The van der Waals surface area contributed by atoms with Gasteiger partial charge in [-0.2, -0.15) is 0 Å². The number of rotatable bonds is 2. The molecule has 4 heteroatoms. The van der Waals surface area contributed by atoms with Gasteiger partial charge in [0.05, 0.1) is 22.8 Å². The second kappa shape index (κ2) is 6.63. The number of pyridine rings is 2. The molecule has 25 heavy (non-hydrogen) atoms. The van der Waals surface area contributed by atoms with Crippen LogP contribution in [0.15, 0.2) is 72.2 Å². The van der Waals surface area contributed by atoms with Crippen LogP contribution in [0.2, 0.25) is 0 Å². The lowest BCUT2D eigenvalue weighted by Crippen LogP contribution is -2.04. The number of fused-ring (bicyclic) bond motifs is 1. The molecular weight excluding hydrogens is 308 g/mol. The quantitative estimate of drug-likeness (QED) is 0.661. The van der Waals surface area contributed by atoms with Crippen LogP contribution in [0.25, 0.3) is 28.9 Å². The second-order valence-electron chi connectivity index (χ2n) is 5.79. The number of nitrogens with zero attached hydrogens (tertiary/aromatic N) is 4. The van der Waals surface area contributed by atoms with Gasteiger partial charge in [-0.3, -0.25) is 9.97 Å². The van der Waals surface area contributed by atoms with Gasteiger partial charge < -0.3 is 0 Å². The molecule has 3 aromatic heterocycles. The summed E-state index contributed by atoms with van der Waals surface area (Å²) in [5.74, 6) is 0. The highest BCUT2D eigenvalue weighted by molar-refractivity contribution is 5.75. The molecule has 3 aromatic rings. The molecule has 0 N–H and O–H groups in total. The van der Waals surface area contributed by atoms with Crippen molar-refractivity contribution in [2.45, 2.75) is 13.3 Å². The fraction of sp³-hybridized carbons (Fsp3) is 0.0952. The van der Waals surface area contributed by atoms with Crippen LogP contribution in [0, 0.1) is 0 Å². The Morgan fingerprint density at radius 2 is 1.52 bits per heavy atom. The molecule has 0 saturated heterocycles. The Hall–Kier alpha value is -3.36. The average Bonchev–Trinajstić information content (AvgIpc) is 2.66. The van der Waals surface area contributed by atoms with E-state index in [1.54, 1.807) is 12.4 Å². The van der Waals surface area contributed by atoms with Crippen LogP contribution in [0.1, 0.15) is 18.3 Å². The minimum absolute atomic E-state index is 0.727. The molecule has 0 fully saturated rings. The molecule has 0 atom stereocenters. The van der Waals surface area contributed by atoms with Gasteiger partial charge in [0.1, 0.15) is 11.4 Å². The first-order chi connectivity index (χ1) is 12.3. The van der Waals surface area contributed by atoms with Gasteiger partial charge in [0.25, 0.3) is 0 Å². The van der Waals surface area contributed by atoms with E-state index in [0.29, 0.717) is 0 Å². The van der Waals surface area contributed by atoms with Gasteiger partial charge in [0.2, 0.25) is 0 Å². The minimum Gasteiger partial charge on any atom is -0.255 e. The van der Waals surface area contributed by atoms with Crippen LogP contribution in [0.3, 0.4) is 0 Å². The normalized spacial score (nSPS) is 15.0. The molecule has 0 radical (unpaired) electrons. The summed E-state index contributed by atoms with van der Waals surface area (Å²) in [6.07, 6.45) is 10.2. The van der Waals surface area contributed by atoms with Gasteiger partial charge in [0.15, 0.2) is 0 Å². The van der Waals surface area contributed by atoms with Gasteiger partial charge in [-0.15, -0.1) is 5.73 Å². The van der Waals surface area contributed by atoms with Crippen LogP contribution in [-0.2, 0) is 6.42 Å². The maximum Gasteiger partial charge on any atom is 0.117 e. The largest absolute Gasteiger partial charge is 0.255 e. The van der Waals surface area contributed by atoms with E-state index < -0.39 is 0 Å². The fourth-order valence-electron chi connectivity index (χ4n) is 2.68. The molecule has 0 unspecified atom stereocenters. The van der Waals surface area contributed by atoms with Crippen molar-refractivity contribution < 1.29 is 0 Å². The molecule has 0 bridgehead atoms. The number of allylic oxidation sites excluding steroid dienone is 3. The Labute approximate surface area is 146 Å². The molecule has 0 aliphatic heterocycles. The first kappa shape index (κ1) is 15.2. The Bertz CT molecular complexity index is 999. The summed E-state index contributed by atoms with van der Waals surface area (Å²) < 4.78 is 0. The SMILES string of the molecule is C/C1=C/Cc2nc(-c3ccccn3)c(-c3ccccn3)nc2C=C=C1. The third-order valence-corrected chi connectivity index (χ3v) is 3.96. The van der Waals surface area contributed by atoms with Crippen molar-refractivity contribution in [1.82, 2.24) is 19.9 Å². The third-order valence-electron chi connectivity index (χ3n) is 3.96. The first-order valence-corrected chi connectivity index (χ1v) is 8.14. The number of hydrogen-bond acceptors (Lipinski definition) is 4. The van der Waals surface area contributed by atoms with Crippen molar-refractivity contribution in [3.05, 3.63) is 83.6 Å². The van der Waals surface area contributed by atoms with Gasteiger partial charge >= 0.3 is 0 Å². The molecule has 0 spiro atoms. The summed E-state index contributed by atoms with van der Waals surface area (Å²) in [5.41, 5.74) is 9.13. The maximum atomic E-state index is 4.90. The van der Waals surface area contributed by atoms with Crippen LogP contribution in [0.5, 0.6) is 0 Å². The molecule has 0 aromatic carbocycles. The van der Waals surface area contributed by atoms with Gasteiger partial charge in [-0.25, -0.2) is 9.97 Å². The average molecular weight is 324 g/mol. The van der Waals surface area contributed by atoms with E-state index in [1.807, 2.05) is 48.6 Å². The Morgan fingerprint density at radius 1 is 0.840 bits per heavy atom. The standard InChI is InChI=1S/C21H16N4/c1-15-7-6-10-16-17(12-11-15)25-21(19-9-3-5-14-23-19)20(24-16)18-8-2-4-13-22-18/h2-5,7-11,13-14H,12H2,1H3/b15-11-. The van der Waals surface area contributed by atoms with E-state index in [9.17, 15) is 0 Å². The third kappa shape index (κ3) is 3.16. The van der Waals surface area contributed by atoms with Crippen molar-refractivity contribution in [3.8, 4) is 22.8 Å². The van der Waals surface area contributed by atoms with Crippen LogP contribution < -0.4 is 0 Å². The minimum atomic E-state index is 0.727. The molecule has 0 amide bonds. The van der Waals surface area contributed by atoms with Gasteiger partial charge in [0, 0.05) is 24.9 Å². The summed E-state index contributed by atoms with van der Waals surface area (Å²) in [7, 11) is 0. The van der Waals surface area contributed by atoms with Gasteiger partial charge in [-0.05, 0) is 42.8 Å². The molecular formula is C21H16N4. The Morgan fingerprint density at radius 3 is 2.16 bits per heavy atom. The van der Waals surface area contributed by atoms with Crippen LogP contribution >= 0.6 is 0 Å². The molecule has 120 valence electrons. The second-order valence-corrected chi connectivity index (χ2v) is 5.79. The van der Waals surface area contributed by atoms with Gasteiger partial charge in [-0.1, -0.05) is 18.2 Å². The highest BCUT2D eigenvalue weighted by Crippen LogP contribution is 2.28. The fourth-order valence-corrected chi connectivity index (χ4v) is 2.68. The summed E-state index contributed by atoms with van der Waals surface area (Å²) in [6.45, 7) is 2.06. The molecule has 0 saturated carbocycles. The number of aromatic nitrogens is 4. The molecule has 4 nitrogen and oxygen atoms in total. The van der Waals surface area contributed by atoms with E-state index in [4.69, 9.17) is 9.97 Å². The predicted octanol–water partition coefficient (Wildman–Crippen LogP) is 4.27. The Balaban J connectivity index is 1.97. The van der Waals surface area contributed by atoms with E-state index in [-0.39, 0.29) is 0 Å². The van der Waals surface area contributed by atoms with Crippen LogP contribution in [-0.4, -0.2) is 19.9 Å². The highest BCUT2D eigenvalue weighted by atomic mass is 14.9. The molecule has 4 rings (SSSR count). The highest BCUT2D eigenvalue weighted by Gasteiger charge is 2.17. The summed E-state index contributed by atoms with van der Waals surface area (Å²) in [6, 6.07) is 11.6. The Kier molecular flexibility index (Phi) is 4.03. The van der Waals surface area contributed by atoms with E-state index in [1.165, 1.54) is 0 Å². The summed E-state index contributed by atoms with van der Waals surface area (Å²) in [4.78, 5) is 18.7. The number of hydrogen-bond donors (Lipinski definition) is 0. The zero-order valence-electron chi connectivity index (χ0n) is 13.8. The van der Waals surface area contributed by atoms with Crippen molar-refractivity contribution in [3.63, 3.8) is 0 Å². The van der Waals surface area contributed by atoms with Crippen molar-refractivity contribution in [2.24, 2.45) is 0 Å². The van der Waals surface area contributed by atoms with Crippen molar-refractivity contribution in [2.75, 3.05) is 0 Å². The lowest BCUT2D eigenvalue weighted by atomic mass is 10.1. The van der Waals surface area contributed by atoms with Crippen LogP contribution in [0.4, 0.5) is 0 Å². The van der Waals surface area contributed by atoms with Crippen molar-refractivity contribution >= 4 is 6.08 Å². The zero-order valence-corrected chi connectivity index (χ0v) is 13.8.